The molecule has 0 N–H and O–H groups in total. The van der Waals surface area contributed by atoms with Gasteiger partial charge in [-0.15, -0.1) is 0 Å². The fourth-order valence-electron chi connectivity index (χ4n) is 2.91. The lowest BCUT2D eigenvalue weighted by Crippen LogP contribution is -2.23. The van der Waals surface area contributed by atoms with Gasteiger partial charge >= 0.3 is 0 Å². The number of hydrogen-bond donors (Lipinski definition) is 0. The zero-order valence-electron chi connectivity index (χ0n) is 14.1. The number of allylic oxidation sites excluding steroid dienone is 2. The van der Waals surface area contributed by atoms with Gasteiger partial charge in [0.05, 0.1) is 0 Å². The molecule has 0 aliphatic rings. The molecule has 0 amide bonds. The van der Waals surface area contributed by atoms with Crippen molar-refractivity contribution in [3.8, 4) is 11.3 Å². The Labute approximate surface area is 133 Å². The van der Waals surface area contributed by atoms with Gasteiger partial charge in [-0.2, -0.15) is 0 Å². The highest BCUT2D eigenvalue weighted by Crippen LogP contribution is 2.29. The second kappa shape index (κ2) is 7.83. The topological polar surface area (TPSA) is 29.3 Å². The SMILES string of the molecule is CCC(CC)=C(CC)N(CC)c1cc(-c2ccccc2)on1. The second-order valence-electron chi connectivity index (χ2n) is 5.27. The number of hydrogen-bond acceptors (Lipinski definition) is 3. The molecule has 3 heteroatoms. The van der Waals surface area contributed by atoms with Crippen molar-refractivity contribution >= 4 is 5.82 Å². The Morgan fingerprint density at radius 3 is 2.23 bits per heavy atom. The average molecular weight is 298 g/mol. The molecule has 0 aliphatic carbocycles. The van der Waals surface area contributed by atoms with Crippen molar-refractivity contribution < 1.29 is 4.52 Å². The third-order valence-electron chi connectivity index (χ3n) is 4.07. The van der Waals surface area contributed by atoms with Crippen molar-refractivity contribution in [2.45, 2.75) is 47.0 Å². The molecule has 1 aromatic heterocycles. The summed E-state index contributed by atoms with van der Waals surface area (Å²) in [4.78, 5) is 2.28. The Morgan fingerprint density at radius 1 is 1.00 bits per heavy atom. The molecule has 0 fully saturated rings. The molecule has 1 heterocycles. The Balaban J connectivity index is 2.36. The average Bonchev–Trinajstić information content (AvgIpc) is 3.05. The lowest BCUT2D eigenvalue weighted by molar-refractivity contribution is 0.432. The highest BCUT2D eigenvalue weighted by atomic mass is 16.5. The lowest BCUT2D eigenvalue weighted by atomic mass is 10.1. The van der Waals surface area contributed by atoms with E-state index < -0.39 is 0 Å². The summed E-state index contributed by atoms with van der Waals surface area (Å²) in [5.74, 6) is 1.72. The van der Waals surface area contributed by atoms with Crippen LogP contribution in [0.5, 0.6) is 0 Å². The summed E-state index contributed by atoms with van der Waals surface area (Å²) < 4.78 is 5.56. The van der Waals surface area contributed by atoms with E-state index in [4.69, 9.17) is 4.52 Å². The van der Waals surface area contributed by atoms with Gasteiger partial charge in [0.15, 0.2) is 11.6 Å². The van der Waals surface area contributed by atoms with Crippen molar-refractivity contribution in [2.24, 2.45) is 0 Å². The monoisotopic (exact) mass is 298 g/mol. The van der Waals surface area contributed by atoms with Crippen LogP contribution in [0, 0.1) is 0 Å². The standard InChI is InChI=1S/C19H26N2O/c1-5-15(6-2)17(7-3)21(8-4)19-14-18(22-20-19)16-12-10-9-11-13-16/h9-14H,5-8H2,1-4H3. The smallest absolute Gasteiger partial charge is 0.176 e. The summed E-state index contributed by atoms with van der Waals surface area (Å²) in [6.45, 7) is 9.71. The predicted octanol–water partition coefficient (Wildman–Crippen LogP) is 5.65. The van der Waals surface area contributed by atoms with Gasteiger partial charge in [0.25, 0.3) is 0 Å². The first-order valence-corrected chi connectivity index (χ1v) is 8.25. The maximum atomic E-state index is 5.56. The van der Waals surface area contributed by atoms with Gasteiger partial charge in [0.2, 0.25) is 0 Å². The van der Waals surface area contributed by atoms with E-state index in [2.05, 4.69) is 37.8 Å². The molecular formula is C19H26N2O. The van der Waals surface area contributed by atoms with Crippen LogP contribution < -0.4 is 4.90 Å². The first kappa shape index (κ1) is 16.3. The second-order valence-corrected chi connectivity index (χ2v) is 5.27. The molecule has 0 radical (unpaired) electrons. The van der Waals surface area contributed by atoms with Gasteiger partial charge in [-0.1, -0.05) is 61.8 Å². The summed E-state index contributed by atoms with van der Waals surface area (Å²) in [7, 11) is 0. The lowest BCUT2D eigenvalue weighted by Gasteiger charge is -2.25. The number of nitrogens with zero attached hydrogens (tertiary/aromatic N) is 2. The van der Waals surface area contributed by atoms with E-state index in [1.165, 1.54) is 11.3 Å². The Bertz CT molecular complexity index is 607. The van der Waals surface area contributed by atoms with Gasteiger partial charge in [0.1, 0.15) is 0 Å². The van der Waals surface area contributed by atoms with Gasteiger partial charge in [-0.3, -0.25) is 0 Å². The van der Waals surface area contributed by atoms with Crippen LogP contribution in [0.2, 0.25) is 0 Å². The van der Waals surface area contributed by atoms with Crippen LogP contribution >= 0.6 is 0 Å². The predicted molar refractivity (Wildman–Crippen MR) is 92.9 cm³/mol. The highest BCUT2D eigenvalue weighted by molar-refractivity contribution is 5.62. The summed E-state index contributed by atoms with van der Waals surface area (Å²) in [5, 5.41) is 4.30. The van der Waals surface area contributed by atoms with Crippen molar-refractivity contribution in [1.29, 1.82) is 0 Å². The van der Waals surface area contributed by atoms with Crippen LogP contribution in [-0.2, 0) is 0 Å². The van der Waals surface area contributed by atoms with Crippen molar-refractivity contribution in [1.82, 2.24) is 5.16 Å². The first-order chi connectivity index (χ1) is 10.7. The maximum Gasteiger partial charge on any atom is 0.176 e. The van der Waals surface area contributed by atoms with E-state index in [1.54, 1.807) is 0 Å². The third kappa shape index (κ3) is 3.41. The quantitative estimate of drug-likeness (QED) is 0.661. The Kier molecular flexibility index (Phi) is 5.82. The fraction of sp³-hybridized carbons (Fsp3) is 0.421. The molecule has 0 spiro atoms. The molecule has 2 rings (SSSR count). The zero-order valence-corrected chi connectivity index (χ0v) is 14.1. The van der Waals surface area contributed by atoms with Crippen LogP contribution in [0.25, 0.3) is 11.3 Å². The van der Waals surface area contributed by atoms with E-state index >= 15 is 0 Å². The summed E-state index contributed by atoms with van der Waals surface area (Å²) in [6, 6.07) is 12.2. The molecule has 1 aromatic carbocycles. The summed E-state index contributed by atoms with van der Waals surface area (Å²) in [5.41, 5.74) is 3.93. The van der Waals surface area contributed by atoms with E-state index in [1.807, 2.05) is 36.4 Å². The molecule has 0 atom stereocenters. The largest absolute Gasteiger partial charge is 0.354 e. The molecule has 2 aromatic rings. The molecule has 0 saturated carbocycles. The number of rotatable bonds is 7. The summed E-state index contributed by atoms with van der Waals surface area (Å²) >= 11 is 0. The van der Waals surface area contributed by atoms with Crippen LogP contribution in [0.15, 0.2) is 52.2 Å². The molecule has 0 aliphatic heterocycles. The Morgan fingerprint density at radius 2 is 1.68 bits per heavy atom. The number of benzene rings is 1. The minimum absolute atomic E-state index is 0.819. The molecule has 118 valence electrons. The van der Waals surface area contributed by atoms with Crippen LogP contribution in [0.3, 0.4) is 0 Å². The minimum Gasteiger partial charge on any atom is -0.354 e. The molecule has 0 bridgehead atoms. The summed E-state index contributed by atoms with van der Waals surface area (Å²) in [6.07, 6.45) is 3.18. The molecule has 0 unspecified atom stereocenters. The van der Waals surface area contributed by atoms with E-state index in [-0.39, 0.29) is 0 Å². The maximum absolute atomic E-state index is 5.56. The zero-order chi connectivity index (χ0) is 15.9. The van der Waals surface area contributed by atoms with Gasteiger partial charge in [0, 0.05) is 23.9 Å². The highest BCUT2D eigenvalue weighted by Gasteiger charge is 2.17. The first-order valence-electron chi connectivity index (χ1n) is 8.25. The van der Waals surface area contributed by atoms with E-state index in [0.717, 1.165) is 42.9 Å². The van der Waals surface area contributed by atoms with Gasteiger partial charge in [-0.05, 0) is 26.2 Å². The molecule has 0 saturated heterocycles. The molecule has 3 nitrogen and oxygen atoms in total. The van der Waals surface area contributed by atoms with Crippen molar-refractivity contribution in [3.05, 3.63) is 47.7 Å². The van der Waals surface area contributed by atoms with Gasteiger partial charge in [-0.25, -0.2) is 0 Å². The third-order valence-corrected chi connectivity index (χ3v) is 4.07. The van der Waals surface area contributed by atoms with Crippen molar-refractivity contribution in [3.63, 3.8) is 0 Å². The minimum atomic E-state index is 0.819. The van der Waals surface area contributed by atoms with Gasteiger partial charge < -0.3 is 9.42 Å². The Hall–Kier alpha value is -2.03. The fourth-order valence-corrected chi connectivity index (χ4v) is 2.91. The van der Waals surface area contributed by atoms with Crippen LogP contribution in [0.1, 0.15) is 47.0 Å². The normalized spacial score (nSPS) is 10.5. The number of anilines is 1. The molecular weight excluding hydrogens is 272 g/mol. The van der Waals surface area contributed by atoms with Crippen molar-refractivity contribution in [2.75, 3.05) is 11.4 Å². The van der Waals surface area contributed by atoms with Crippen LogP contribution in [0.4, 0.5) is 5.82 Å². The van der Waals surface area contributed by atoms with E-state index in [0.29, 0.717) is 0 Å². The van der Waals surface area contributed by atoms with Crippen LogP contribution in [-0.4, -0.2) is 11.7 Å². The molecule has 22 heavy (non-hydrogen) atoms. The van der Waals surface area contributed by atoms with E-state index in [9.17, 15) is 0 Å². The number of aromatic nitrogens is 1.